The molecule has 3 unspecified atom stereocenters. The summed E-state index contributed by atoms with van der Waals surface area (Å²) in [5.41, 5.74) is 3.10. The van der Waals surface area contributed by atoms with Crippen molar-refractivity contribution in [1.29, 1.82) is 0 Å². The van der Waals surface area contributed by atoms with Gasteiger partial charge in [-0.1, -0.05) is 29.8 Å². The highest BCUT2D eigenvalue weighted by molar-refractivity contribution is 14.1. The maximum absolute atomic E-state index is 12.7. The summed E-state index contributed by atoms with van der Waals surface area (Å²) in [5.74, 6) is 0.411. The van der Waals surface area contributed by atoms with E-state index in [0.717, 1.165) is 17.4 Å². The standard InChI is InChI=1S/C25H29IN2O6/c1-15-3-5-16(6-4-15)13-28-20-11-18(25(32)27-7-8-29)12-21(23(20)31)34-24-19(26)9-17(14-30)10-22(24)33-2/h3-6,9-10,12,14,20-21,23,28-29,31H,7-8,11,13H2,1-2H3,(H,27,32). The topological polar surface area (TPSA) is 117 Å². The van der Waals surface area contributed by atoms with Gasteiger partial charge in [0.05, 0.1) is 17.3 Å². The van der Waals surface area contributed by atoms with Crippen molar-refractivity contribution in [2.45, 2.75) is 38.1 Å². The number of benzene rings is 2. The number of halogens is 1. The number of aryl methyl sites for hydroxylation is 1. The van der Waals surface area contributed by atoms with Crippen molar-refractivity contribution in [2.24, 2.45) is 0 Å². The van der Waals surface area contributed by atoms with Crippen LogP contribution in [0.2, 0.25) is 0 Å². The Morgan fingerprint density at radius 2 is 2.00 bits per heavy atom. The van der Waals surface area contributed by atoms with Crippen molar-refractivity contribution < 1.29 is 29.3 Å². The van der Waals surface area contributed by atoms with Gasteiger partial charge in [-0.2, -0.15) is 0 Å². The summed E-state index contributed by atoms with van der Waals surface area (Å²) in [7, 11) is 1.47. The molecule has 2 aromatic carbocycles. The van der Waals surface area contributed by atoms with E-state index in [0.29, 0.717) is 39.2 Å². The minimum Gasteiger partial charge on any atom is -0.493 e. The SMILES string of the molecule is COc1cc(C=O)cc(I)c1OC1C=C(C(=O)NCCO)CC(NCc2ccc(C)cc2)C1O. The van der Waals surface area contributed by atoms with Crippen LogP contribution in [0.25, 0.3) is 0 Å². The Bertz CT molecular complexity index is 1040. The van der Waals surface area contributed by atoms with Gasteiger partial charge in [0.1, 0.15) is 18.5 Å². The van der Waals surface area contributed by atoms with Crippen LogP contribution in [-0.4, -0.2) is 60.9 Å². The molecule has 0 aliphatic heterocycles. The van der Waals surface area contributed by atoms with Crippen LogP contribution in [0, 0.1) is 10.5 Å². The van der Waals surface area contributed by atoms with Gasteiger partial charge in [-0.25, -0.2) is 0 Å². The number of methoxy groups -OCH3 is 1. The van der Waals surface area contributed by atoms with Gasteiger partial charge in [0.25, 0.3) is 0 Å². The molecule has 0 saturated carbocycles. The predicted molar refractivity (Wildman–Crippen MR) is 136 cm³/mol. The molecule has 3 rings (SSSR count). The first-order chi connectivity index (χ1) is 16.4. The molecule has 0 radical (unpaired) electrons. The van der Waals surface area contributed by atoms with E-state index in [1.165, 1.54) is 7.11 Å². The molecule has 1 aliphatic carbocycles. The summed E-state index contributed by atoms with van der Waals surface area (Å²) in [4.78, 5) is 23.9. The molecule has 0 aromatic heterocycles. The second-order valence-electron chi connectivity index (χ2n) is 8.07. The summed E-state index contributed by atoms with van der Waals surface area (Å²) in [6.45, 7) is 2.48. The molecule has 1 amide bonds. The molecule has 3 atom stereocenters. The van der Waals surface area contributed by atoms with Gasteiger partial charge in [0, 0.05) is 30.3 Å². The average molecular weight is 580 g/mol. The van der Waals surface area contributed by atoms with E-state index in [2.05, 4.69) is 10.6 Å². The van der Waals surface area contributed by atoms with Crippen LogP contribution in [0.15, 0.2) is 48.0 Å². The number of carbonyl (C=O) groups excluding carboxylic acids is 2. The number of aldehydes is 1. The largest absolute Gasteiger partial charge is 0.493 e. The Morgan fingerprint density at radius 1 is 1.26 bits per heavy atom. The fourth-order valence-electron chi connectivity index (χ4n) is 3.71. The molecular formula is C25H29IN2O6. The fraction of sp³-hybridized carbons (Fsp3) is 0.360. The molecule has 0 heterocycles. The zero-order valence-electron chi connectivity index (χ0n) is 19.1. The van der Waals surface area contributed by atoms with E-state index >= 15 is 0 Å². The number of aliphatic hydroxyl groups is 2. The van der Waals surface area contributed by atoms with Crippen LogP contribution in [0.4, 0.5) is 0 Å². The molecule has 0 spiro atoms. The van der Waals surface area contributed by atoms with E-state index in [1.807, 2.05) is 53.8 Å². The number of carbonyl (C=O) groups is 2. The zero-order chi connectivity index (χ0) is 24.7. The van der Waals surface area contributed by atoms with Gasteiger partial charge in [0.15, 0.2) is 11.5 Å². The summed E-state index contributed by atoms with van der Waals surface area (Å²) >= 11 is 2.04. The highest BCUT2D eigenvalue weighted by Gasteiger charge is 2.36. The van der Waals surface area contributed by atoms with Crippen LogP contribution in [0.5, 0.6) is 11.5 Å². The Hall–Kier alpha value is -2.47. The van der Waals surface area contributed by atoms with Crippen molar-refractivity contribution in [3.8, 4) is 11.5 Å². The van der Waals surface area contributed by atoms with Gasteiger partial charge in [-0.05, 0) is 59.7 Å². The number of rotatable bonds is 10. The molecular weight excluding hydrogens is 551 g/mol. The molecule has 8 nitrogen and oxygen atoms in total. The van der Waals surface area contributed by atoms with Crippen molar-refractivity contribution in [3.05, 3.63) is 68.3 Å². The maximum Gasteiger partial charge on any atom is 0.247 e. The molecule has 0 fully saturated rings. The lowest BCUT2D eigenvalue weighted by molar-refractivity contribution is -0.118. The lowest BCUT2D eigenvalue weighted by atomic mass is 9.89. The molecule has 9 heteroatoms. The minimum atomic E-state index is -0.953. The zero-order valence-corrected chi connectivity index (χ0v) is 21.2. The number of aliphatic hydroxyl groups excluding tert-OH is 2. The average Bonchev–Trinajstić information content (AvgIpc) is 2.84. The number of nitrogens with one attached hydrogen (secondary N) is 2. The van der Waals surface area contributed by atoms with Crippen molar-refractivity contribution in [3.63, 3.8) is 0 Å². The monoisotopic (exact) mass is 580 g/mol. The number of hydrogen-bond donors (Lipinski definition) is 4. The predicted octanol–water partition coefficient (Wildman–Crippen LogP) is 2.13. The number of ether oxygens (including phenoxy) is 2. The third kappa shape index (κ3) is 6.56. The van der Waals surface area contributed by atoms with Crippen LogP contribution < -0.4 is 20.1 Å². The summed E-state index contributed by atoms with van der Waals surface area (Å²) in [5, 5.41) is 26.2. The van der Waals surface area contributed by atoms with Gasteiger partial charge in [-0.3, -0.25) is 9.59 Å². The lowest BCUT2D eigenvalue weighted by Gasteiger charge is -2.34. The lowest BCUT2D eigenvalue weighted by Crippen LogP contribution is -2.51. The van der Waals surface area contributed by atoms with Crippen molar-refractivity contribution in [1.82, 2.24) is 10.6 Å². The third-order valence-electron chi connectivity index (χ3n) is 5.57. The Morgan fingerprint density at radius 3 is 2.65 bits per heavy atom. The van der Waals surface area contributed by atoms with Crippen molar-refractivity contribution >= 4 is 34.8 Å². The Labute approximate surface area is 212 Å². The van der Waals surface area contributed by atoms with E-state index in [1.54, 1.807) is 18.2 Å². The summed E-state index contributed by atoms with van der Waals surface area (Å²) in [6.07, 6.45) is 0.820. The molecule has 0 saturated heterocycles. The first-order valence-corrected chi connectivity index (χ1v) is 12.0. The molecule has 2 aromatic rings. The Balaban J connectivity index is 1.86. The molecule has 34 heavy (non-hydrogen) atoms. The summed E-state index contributed by atoms with van der Waals surface area (Å²) in [6, 6.07) is 10.8. The van der Waals surface area contributed by atoms with Crippen LogP contribution in [0.1, 0.15) is 27.9 Å². The smallest absolute Gasteiger partial charge is 0.247 e. The van der Waals surface area contributed by atoms with Crippen LogP contribution >= 0.6 is 22.6 Å². The number of hydrogen-bond acceptors (Lipinski definition) is 7. The van der Waals surface area contributed by atoms with Crippen LogP contribution in [-0.2, 0) is 11.3 Å². The maximum atomic E-state index is 12.7. The molecule has 4 N–H and O–H groups in total. The quantitative estimate of drug-likeness (QED) is 0.251. The van der Waals surface area contributed by atoms with Gasteiger partial charge >= 0.3 is 0 Å². The van der Waals surface area contributed by atoms with E-state index in [-0.39, 0.29) is 19.1 Å². The Kier molecular flexibility index (Phi) is 9.45. The summed E-state index contributed by atoms with van der Waals surface area (Å²) < 4.78 is 12.2. The highest BCUT2D eigenvalue weighted by atomic mass is 127. The molecule has 182 valence electrons. The van der Waals surface area contributed by atoms with E-state index < -0.39 is 18.2 Å². The van der Waals surface area contributed by atoms with E-state index in [4.69, 9.17) is 14.6 Å². The van der Waals surface area contributed by atoms with Gasteiger partial charge < -0.3 is 30.3 Å². The van der Waals surface area contributed by atoms with Crippen molar-refractivity contribution in [2.75, 3.05) is 20.3 Å². The minimum absolute atomic E-state index is 0.130. The third-order valence-corrected chi connectivity index (χ3v) is 6.38. The molecule has 1 aliphatic rings. The normalized spacial score (nSPS) is 19.8. The van der Waals surface area contributed by atoms with E-state index in [9.17, 15) is 14.7 Å². The second-order valence-corrected chi connectivity index (χ2v) is 9.24. The second kappa shape index (κ2) is 12.3. The molecule has 0 bridgehead atoms. The number of amides is 1. The van der Waals surface area contributed by atoms with Gasteiger partial charge in [0.2, 0.25) is 5.91 Å². The van der Waals surface area contributed by atoms with Crippen LogP contribution in [0.3, 0.4) is 0 Å². The first-order valence-electron chi connectivity index (χ1n) is 10.9. The van der Waals surface area contributed by atoms with Gasteiger partial charge in [-0.15, -0.1) is 0 Å². The highest BCUT2D eigenvalue weighted by Crippen LogP contribution is 2.36. The fourth-order valence-corrected chi connectivity index (χ4v) is 4.47. The first kappa shape index (κ1) is 26.1.